The zero-order valence-electron chi connectivity index (χ0n) is 9.18. The summed E-state index contributed by atoms with van der Waals surface area (Å²) >= 11 is 0. The van der Waals surface area contributed by atoms with Crippen molar-refractivity contribution in [2.24, 2.45) is 0 Å². The SMILES string of the molecule is Cc1cc(C)c2ccnc(C)c2c1C. The predicted octanol–water partition coefficient (Wildman–Crippen LogP) is 3.47. The predicted molar refractivity (Wildman–Crippen MR) is 60.7 cm³/mol. The Bertz CT molecular complexity index is 498. The molecule has 0 spiro atoms. The summed E-state index contributed by atoms with van der Waals surface area (Å²) in [5.74, 6) is 0. The molecular weight excluding hydrogens is 170 g/mol. The first-order chi connectivity index (χ1) is 6.61. The van der Waals surface area contributed by atoms with Crippen molar-refractivity contribution >= 4 is 10.8 Å². The standard InChI is InChI=1S/C13H15N/c1-8-7-9(2)12-5-6-14-11(4)13(12)10(8)3/h5-7H,1-4H3. The first-order valence-electron chi connectivity index (χ1n) is 4.93. The van der Waals surface area contributed by atoms with Crippen molar-refractivity contribution in [2.45, 2.75) is 27.7 Å². The minimum absolute atomic E-state index is 1.13. The average molecular weight is 185 g/mol. The molecule has 72 valence electrons. The molecule has 0 amide bonds. The number of benzene rings is 1. The fourth-order valence-corrected chi connectivity index (χ4v) is 2.08. The smallest absolute Gasteiger partial charge is 0.0453 e. The molecular formula is C13H15N. The van der Waals surface area contributed by atoms with Crippen molar-refractivity contribution in [2.75, 3.05) is 0 Å². The van der Waals surface area contributed by atoms with Gasteiger partial charge in [-0.05, 0) is 55.8 Å². The van der Waals surface area contributed by atoms with E-state index in [1.807, 2.05) is 6.20 Å². The van der Waals surface area contributed by atoms with Gasteiger partial charge in [0, 0.05) is 17.3 Å². The minimum Gasteiger partial charge on any atom is -0.261 e. The molecule has 2 rings (SSSR count). The van der Waals surface area contributed by atoms with E-state index >= 15 is 0 Å². The van der Waals surface area contributed by atoms with Crippen LogP contribution in [-0.2, 0) is 0 Å². The number of pyridine rings is 1. The largest absolute Gasteiger partial charge is 0.261 e. The Morgan fingerprint density at radius 3 is 2.43 bits per heavy atom. The van der Waals surface area contributed by atoms with Crippen LogP contribution in [0.3, 0.4) is 0 Å². The van der Waals surface area contributed by atoms with Gasteiger partial charge in [0.05, 0.1) is 0 Å². The van der Waals surface area contributed by atoms with E-state index < -0.39 is 0 Å². The quantitative estimate of drug-likeness (QED) is 0.612. The molecule has 1 heterocycles. The molecule has 0 aliphatic heterocycles. The third-order valence-corrected chi connectivity index (χ3v) is 2.96. The molecule has 1 heteroatoms. The summed E-state index contributed by atoms with van der Waals surface area (Å²) < 4.78 is 0. The maximum atomic E-state index is 4.35. The maximum absolute atomic E-state index is 4.35. The zero-order chi connectivity index (χ0) is 10.3. The molecule has 0 bridgehead atoms. The number of aryl methyl sites for hydroxylation is 4. The van der Waals surface area contributed by atoms with E-state index in [1.165, 1.54) is 27.5 Å². The Kier molecular flexibility index (Phi) is 2.03. The van der Waals surface area contributed by atoms with Gasteiger partial charge in [0.15, 0.2) is 0 Å². The number of rotatable bonds is 0. The van der Waals surface area contributed by atoms with Crippen LogP contribution in [0.25, 0.3) is 10.8 Å². The van der Waals surface area contributed by atoms with Gasteiger partial charge in [0.1, 0.15) is 0 Å². The molecule has 0 fully saturated rings. The Morgan fingerprint density at radius 2 is 1.71 bits per heavy atom. The summed E-state index contributed by atoms with van der Waals surface area (Å²) in [4.78, 5) is 4.35. The van der Waals surface area contributed by atoms with Gasteiger partial charge in [-0.25, -0.2) is 0 Å². The van der Waals surface area contributed by atoms with E-state index in [1.54, 1.807) is 0 Å². The van der Waals surface area contributed by atoms with Gasteiger partial charge in [-0.1, -0.05) is 6.07 Å². The van der Waals surface area contributed by atoms with E-state index in [0.717, 1.165) is 5.69 Å². The highest BCUT2D eigenvalue weighted by atomic mass is 14.7. The van der Waals surface area contributed by atoms with Crippen LogP contribution in [0.1, 0.15) is 22.4 Å². The Labute approximate surface area is 84.8 Å². The molecule has 1 aromatic carbocycles. The van der Waals surface area contributed by atoms with Gasteiger partial charge in [0.25, 0.3) is 0 Å². The van der Waals surface area contributed by atoms with Gasteiger partial charge in [-0.2, -0.15) is 0 Å². The van der Waals surface area contributed by atoms with E-state index in [-0.39, 0.29) is 0 Å². The number of aromatic nitrogens is 1. The van der Waals surface area contributed by atoms with E-state index in [2.05, 4.69) is 44.8 Å². The second kappa shape index (κ2) is 3.09. The summed E-state index contributed by atoms with van der Waals surface area (Å²) in [5, 5.41) is 2.66. The number of hydrogen-bond donors (Lipinski definition) is 0. The van der Waals surface area contributed by atoms with Crippen molar-refractivity contribution < 1.29 is 0 Å². The zero-order valence-corrected chi connectivity index (χ0v) is 9.18. The third kappa shape index (κ3) is 1.20. The van der Waals surface area contributed by atoms with Crippen LogP contribution in [0.4, 0.5) is 0 Å². The van der Waals surface area contributed by atoms with Crippen LogP contribution >= 0.6 is 0 Å². The van der Waals surface area contributed by atoms with E-state index in [0.29, 0.717) is 0 Å². The lowest BCUT2D eigenvalue weighted by molar-refractivity contribution is 1.21. The van der Waals surface area contributed by atoms with Gasteiger partial charge >= 0.3 is 0 Å². The average Bonchev–Trinajstić information content (AvgIpc) is 2.14. The molecule has 0 radical (unpaired) electrons. The first kappa shape index (κ1) is 9.20. The molecule has 0 atom stereocenters. The fraction of sp³-hybridized carbons (Fsp3) is 0.308. The normalized spacial score (nSPS) is 10.9. The van der Waals surface area contributed by atoms with Crippen molar-refractivity contribution in [3.05, 3.63) is 40.7 Å². The number of hydrogen-bond acceptors (Lipinski definition) is 1. The Morgan fingerprint density at radius 1 is 1.00 bits per heavy atom. The van der Waals surface area contributed by atoms with Gasteiger partial charge in [0.2, 0.25) is 0 Å². The van der Waals surface area contributed by atoms with Crippen LogP contribution < -0.4 is 0 Å². The van der Waals surface area contributed by atoms with Crippen molar-refractivity contribution in [1.29, 1.82) is 0 Å². The Hall–Kier alpha value is -1.37. The molecule has 0 N–H and O–H groups in total. The lowest BCUT2D eigenvalue weighted by Crippen LogP contribution is -1.92. The van der Waals surface area contributed by atoms with E-state index in [4.69, 9.17) is 0 Å². The number of nitrogens with zero attached hydrogens (tertiary/aromatic N) is 1. The van der Waals surface area contributed by atoms with Crippen molar-refractivity contribution in [1.82, 2.24) is 4.98 Å². The van der Waals surface area contributed by atoms with E-state index in [9.17, 15) is 0 Å². The van der Waals surface area contributed by atoms with Gasteiger partial charge in [-0.3, -0.25) is 4.98 Å². The van der Waals surface area contributed by atoms with Gasteiger partial charge < -0.3 is 0 Å². The topological polar surface area (TPSA) is 12.9 Å². The highest BCUT2D eigenvalue weighted by molar-refractivity contribution is 5.90. The summed E-state index contributed by atoms with van der Waals surface area (Å²) in [6.45, 7) is 8.57. The highest BCUT2D eigenvalue weighted by Gasteiger charge is 2.06. The molecule has 0 saturated heterocycles. The molecule has 1 nitrogen and oxygen atoms in total. The monoisotopic (exact) mass is 185 g/mol. The van der Waals surface area contributed by atoms with Crippen molar-refractivity contribution in [3.8, 4) is 0 Å². The van der Waals surface area contributed by atoms with Crippen LogP contribution in [-0.4, -0.2) is 4.98 Å². The first-order valence-corrected chi connectivity index (χ1v) is 4.93. The lowest BCUT2D eigenvalue weighted by atomic mass is 9.96. The number of fused-ring (bicyclic) bond motifs is 1. The molecule has 14 heavy (non-hydrogen) atoms. The van der Waals surface area contributed by atoms with Crippen LogP contribution in [0.2, 0.25) is 0 Å². The third-order valence-electron chi connectivity index (χ3n) is 2.96. The maximum Gasteiger partial charge on any atom is 0.0453 e. The van der Waals surface area contributed by atoms with Crippen molar-refractivity contribution in [3.63, 3.8) is 0 Å². The summed E-state index contributed by atoms with van der Waals surface area (Å²) in [6, 6.07) is 4.35. The fourth-order valence-electron chi connectivity index (χ4n) is 2.08. The molecule has 2 aromatic rings. The lowest BCUT2D eigenvalue weighted by Gasteiger charge is -2.10. The molecule has 0 aliphatic rings. The Balaban J connectivity index is 3.03. The minimum atomic E-state index is 1.13. The molecule has 1 aromatic heterocycles. The molecule has 0 aliphatic carbocycles. The second-order valence-electron chi connectivity index (χ2n) is 3.95. The summed E-state index contributed by atoms with van der Waals surface area (Å²) in [7, 11) is 0. The van der Waals surface area contributed by atoms with Crippen LogP contribution in [0.15, 0.2) is 18.3 Å². The van der Waals surface area contributed by atoms with Crippen LogP contribution in [0.5, 0.6) is 0 Å². The highest BCUT2D eigenvalue weighted by Crippen LogP contribution is 2.26. The van der Waals surface area contributed by atoms with Gasteiger partial charge in [-0.15, -0.1) is 0 Å². The summed E-state index contributed by atoms with van der Waals surface area (Å²) in [6.07, 6.45) is 1.89. The van der Waals surface area contributed by atoms with Crippen LogP contribution in [0, 0.1) is 27.7 Å². The molecule has 0 saturated carbocycles. The summed E-state index contributed by atoms with van der Waals surface area (Å²) in [5.41, 5.74) is 5.18. The second-order valence-corrected chi connectivity index (χ2v) is 3.95. The molecule has 0 unspecified atom stereocenters.